The molecule has 1 amide bonds. The van der Waals surface area contributed by atoms with Crippen LogP contribution in [0.15, 0.2) is 53.6 Å². The van der Waals surface area contributed by atoms with Crippen LogP contribution < -0.4 is 5.43 Å². The van der Waals surface area contributed by atoms with E-state index in [9.17, 15) is 9.90 Å². The van der Waals surface area contributed by atoms with Crippen LogP contribution in [-0.2, 0) is 0 Å². The van der Waals surface area contributed by atoms with E-state index in [0.29, 0.717) is 10.6 Å². The Morgan fingerprint density at radius 3 is 2.76 bits per heavy atom. The molecule has 0 aliphatic carbocycles. The average Bonchev–Trinajstić information content (AvgIpc) is 2.93. The number of nitrogens with zero attached hydrogens (tertiary/aromatic N) is 2. The largest absolute Gasteiger partial charge is 0.507 e. The Morgan fingerprint density at radius 1 is 1.19 bits per heavy atom. The van der Waals surface area contributed by atoms with E-state index in [1.54, 1.807) is 24.3 Å². The van der Waals surface area contributed by atoms with Crippen molar-refractivity contribution in [3.63, 3.8) is 0 Å². The van der Waals surface area contributed by atoms with E-state index < -0.39 is 0 Å². The van der Waals surface area contributed by atoms with Gasteiger partial charge in [-0.3, -0.25) is 4.79 Å². The predicted molar refractivity (Wildman–Crippen MR) is 82.8 cm³/mol. The van der Waals surface area contributed by atoms with Gasteiger partial charge in [-0.2, -0.15) is 5.10 Å². The van der Waals surface area contributed by atoms with Gasteiger partial charge in [0.25, 0.3) is 5.91 Å². The van der Waals surface area contributed by atoms with Crippen molar-refractivity contribution in [3.05, 3.63) is 59.1 Å². The van der Waals surface area contributed by atoms with Crippen LogP contribution >= 0.6 is 11.3 Å². The van der Waals surface area contributed by atoms with Crippen LogP contribution in [0.1, 0.15) is 15.4 Å². The Balaban J connectivity index is 1.73. The Kier molecular flexibility index (Phi) is 3.61. The van der Waals surface area contributed by atoms with Crippen LogP contribution in [-0.4, -0.2) is 22.2 Å². The summed E-state index contributed by atoms with van der Waals surface area (Å²) in [5.74, 6) is -0.265. The maximum Gasteiger partial charge on any atom is 0.300 e. The van der Waals surface area contributed by atoms with Crippen molar-refractivity contribution in [2.24, 2.45) is 5.10 Å². The highest BCUT2D eigenvalue weighted by atomic mass is 32.1. The molecule has 2 aromatic carbocycles. The van der Waals surface area contributed by atoms with Gasteiger partial charge >= 0.3 is 0 Å². The highest BCUT2D eigenvalue weighted by molar-refractivity contribution is 7.20. The van der Waals surface area contributed by atoms with Crippen molar-refractivity contribution in [2.75, 3.05) is 0 Å². The lowest BCUT2D eigenvalue weighted by Crippen LogP contribution is -2.17. The molecule has 3 rings (SSSR count). The molecule has 5 nitrogen and oxygen atoms in total. The first kappa shape index (κ1) is 13.3. The third-order valence-electron chi connectivity index (χ3n) is 2.79. The quantitative estimate of drug-likeness (QED) is 0.576. The normalized spacial score (nSPS) is 11.0. The molecule has 0 radical (unpaired) electrons. The van der Waals surface area contributed by atoms with Gasteiger partial charge < -0.3 is 5.11 Å². The highest BCUT2D eigenvalue weighted by Gasteiger charge is 2.10. The van der Waals surface area contributed by atoms with Gasteiger partial charge in [-0.25, -0.2) is 10.4 Å². The lowest BCUT2D eigenvalue weighted by molar-refractivity contribution is 0.0955. The third kappa shape index (κ3) is 2.90. The van der Waals surface area contributed by atoms with Gasteiger partial charge in [0.15, 0.2) is 5.01 Å². The van der Waals surface area contributed by atoms with E-state index in [-0.39, 0.29) is 11.7 Å². The summed E-state index contributed by atoms with van der Waals surface area (Å²) in [5, 5.41) is 13.8. The second-order valence-electron chi connectivity index (χ2n) is 4.24. The number of hydrogen-bond donors (Lipinski definition) is 2. The average molecular weight is 297 g/mol. The molecule has 0 fully saturated rings. The summed E-state index contributed by atoms with van der Waals surface area (Å²) in [6.45, 7) is 0. The van der Waals surface area contributed by atoms with E-state index in [2.05, 4.69) is 15.5 Å². The molecule has 0 saturated heterocycles. The zero-order valence-corrected chi connectivity index (χ0v) is 11.7. The maximum absolute atomic E-state index is 12.0. The first-order valence-electron chi connectivity index (χ1n) is 6.21. The number of aromatic hydroxyl groups is 1. The second-order valence-corrected chi connectivity index (χ2v) is 5.28. The first-order chi connectivity index (χ1) is 10.2. The fourth-order valence-electron chi connectivity index (χ4n) is 1.77. The number of benzene rings is 2. The number of hydrazone groups is 1. The summed E-state index contributed by atoms with van der Waals surface area (Å²) in [5.41, 5.74) is 3.72. The number of phenolic OH excluding ortho intramolecular Hbond substituents is 1. The second kappa shape index (κ2) is 5.72. The van der Waals surface area contributed by atoms with E-state index in [4.69, 9.17) is 0 Å². The Bertz CT molecular complexity index is 793. The molecule has 0 aliphatic rings. The lowest BCUT2D eigenvalue weighted by Gasteiger charge is -1.97. The van der Waals surface area contributed by atoms with Crippen LogP contribution in [0.2, 0.25) is 0 Å². The fraction of sp³-hybridized carbons (Fsp3) is 0. The molecule has 0 aliphatic heterocycles. The molecule has 1 aromatic heterocycles. The zero-order chi connectivity index (χ0) is 14.7. The number of amides is 1. The van der Waals surface area contributed by atoms with Crippen molar-refractivity contribution in [1.29, 1.82) is 0 Å². The highest BCUT2D eigenvalue weighted by Crippen LogP contribution is 2.21. The standard InChI is InChI=1S/C15H11N3O2S/c19-12-7-3-1-5-10(12)9-16-18-14(20)15-17-11-6-2-4-8-13(11)21-15/h1-9,19H,(H,18,20). The number of phenols is 1. The van der Waals surface area contributed by atoms with Crippen LogP contribution in [0.3, 0.4) is 0 Å². The monoisotopic (exact) mass is 297 g/mol. The minimum Gasteiger partial charge on any atom is -0.507 e. The Labute approximate surface area is 124 Å². The van der Waals surface area contributed by atoms with E-state index in [1.807, 2.05) is 24.3 Å². The summed E-state index contributed by atoms with van der Waals surface area (Å²) in [6, 6.07) is 14.3. The number of thiazole rings is 1. The van der Waals surface area contributed by atoms with Gasteiger partial charge in [-0.05, 0) is 24.3 Å². The van der Waals surface area contributed by atoms with E-state index in [1.165, 1.54) is 17.6 Å². The third-order valence-corrected chi connectivity index (χ3v) is 3.83. The molecule has 2 N–H and O–H groups in total. The summed E-state index contributed by atoms with van der Waals surface area (Å²) < 4.78 is 0.951. The molecule has 0 bridgehead atoms. The molecule has 0 saturated carbocycles. The van der Waals surface area contributed by atoms with Gasteiger partial charge in [0.2, 0.25) is 0 Å². The minimum atomic E-state index is -0.372. The number of nitrogens with one attached hydrogen (secondary N) is 1. The van der Waals surface area contributed by atoms with Crippen LogP contribution in [0.25, 0.3) is 10.2 Å². The number of para-hydroxylation sites is 2. The van der Waals surface area contributed by atoms with Crippen LogP contribution in [0.5, 0.6) is 5.75 Å². The van der Waals surface area contributed by atoms with E-state index >= 15 is 0 Å². The molecule has 3 aromatic rings. The van der Waals surface area contributed by atoms with Gasteiger partial charge in [-0.15, -0.1) is 11.3 Å². The SMILES string of the molecule is O=C(NN=Cc1ccccc1O)c1nc2ccccc2s1. The van der Waals surface area contributed by atoms with Gasteiger partial charge in [0.05, 0.1) is 16.4 Å². The minimum absolute atomic E-state index is 0.107. The summed E-state index contributed by atoms with van der Waals surface area (Å²) in [6.07, 6.45) is 1.39. The van der Waals surface area contributed by atoms with Gasteiger partial charge in [-0.1, -0.05) is 24.3 Å². The molecule has 21 heavy (non-hydrogen) atoms. The van der Waals surface area contributed by atoms with Crippen LogP contribution in [0, 0.1) is 0 Å². The molecular weight excluding hydrogens is 286 g/mol. The van der Waals surface area contributed by atoms with Crippen LogP contribution in [0.4, 0.5) is 0 Å². The van der Waals surface area contributed by atoms with Crippen molar-refractivity contribution in [2.45, 2.75) is 0 Å². The smallest absolute Gasteiger partial charge is 0.300 e. The number of rotatable bonds is 3. The van der Waals surface area contributed by atoms with Crippen molar-refractivity contribution in [1.82, 2.24) is 10.4 Å². The molecule has 6 heteroatoms. The van der Waals surface area contributed by atoms with Gasteiger partial charge in [0.1, 0.15) is 5.75 Å². The number of carbonyl (C=O) groups excluding carboxylic acids is 1. The first-order valence-corrected chi connectivity index (χ1v) is 7.02. The summed E-state index contributed by atoms with van der Waals surface area (Å²) in [4.78, 5) is 16.2. The number of hydrogen-bond acceptors (Lipinski definition) is 5. The molecule has 0 unspecified atom stereocenters. The number of carbonyl (C=O) groups is 1. The molecule has 104 valence electrons. The molecule has 1 heterocycles. The summed E-state index contributed by atoms with van der Waals surface area (Å²) in [7, 11) is 0. The number of fused-ring (bicyclic) bond motifs is 1. The molecule has 0 atom stereocenters. The van der Waals surface area contributed by atoms with E-state index in [0.717, 1.165) is 10.2 Å². The molecule has 0 spiro atoms. The fourth-order valence-corrected chi connectivity index (χ4v) is 2.63. The Morgan fingerprint density at radius 2 is 1.95 bits per heavy atom. The van der Waals surface area contributed by atoms with Gasteiger partial charge in [0, 0.05) is 5.56 Å². The maximum atomic E-state index is 12.0. The Hall–Kier alpha value is -2.73. The molecular formula is C15H11N3O2S. The van der Waals surface area contributed by atoms with Crippen molar-refractivity contribution >= 4 is 33.7 Å². The topological polar surface area (TPSA) is 74.6 Å². The summed E-state index contributed by atoms with van der Waals surface area (Å²) >= 11 is 1.31. The number of aromatic nitrogens is 1. The lowest BCUT2D eigenvalue weighted by atomic mass is 10.2. The van der Waals surface area contributed by atoms with Crippen molar-refractivity contribution in [3.8, 4) is 5.75 Å². The van der Waals surface area contributed by atoms with Crippen molar-refractivity contribution < 1.29 is 9.90 Å². The zero-order valence-electron chi connectivity index (χ0n) is 10.9. The predicted octanol–water partition coefficient (Wildman–Crippen LogP) is 2.77.